The van der Waals surface area contributed by atoms with Gasteiger partial charge >= 0.3 is 5.97 Å². The Morgan fingerprint density at radius 3 is 2.67 bits per heavy atom. The smallest absolute Gasteiger partial charge is 0.311 e. The molecule has 1 aromatic carbocycles. The second-order valence-electron chi connectivity index (χ2n) is 5.21. The molecule has 0 radical (unpaired) electrons. The molecule has 144 valence electrons. The monoisotopic (exact) mass is 411 g/mol. The van der Waals surface area contributed by atoms with Crippen LogP contribution in [-0.4, -0.2) is 41.7 Å². The van der Waals surface area contributed by atoms with E-state index in [1.165, 1.54) is 47.4 Å². The number of benzene rings is 1. The van der Waals surface area contributed by atoms with Crippen LogP contribution < -0.4 is 10.6 Å². The highest BCUT2D eigenvalue weighted by molar-refractivity contribution is 8.01. The molecule has 0 aliphatic carbocycles. The zero-order valence-corrected chi connectivity index (χ0v) is 16.1. The number of thiazole rings is 1. The highest BCUT2D eigenvalue weighted by Crippen LogP contribution is 2.22. The second kappa shape index (κ2) is 10.6. The van der Waals surface area contributed by atoms with Gasteiger partial charge in [-0.05, 0) is 31.2 Å². The van der Waals surface area contributed by atoms with Crippen molar-refractivity contribution in [1.82, 2.24) is 10.3 Å². The summed E-state index contributed by atoms with van der Waals surface area (Å²) in [4.78, 5) is 39.2. The molecule has 0 unspecified atom stereocenters. The zero-order chi connectivity index (χ0) is 19.6. The zero-order valence-electron chi connectivity index (χ0n) is 14.5. The Kier molecular flexibility index (Phi) is 8.21. The molecule has 10 heteroatoms. The number of aromatic nitrogens is 1. The fraction of sp³-hybridized carbons (Fsp3) is 0.294. The molecule has 2 rings (SSSR count). The van der Waals surface area contributed by atoms with Crippen LogP contribution in [0.2, 0.25) is 0 Å². The average Bonchev–Trinajstić information content (AvgIpc) is 3.07. The maximum atomic E-state index is 12.8. The van der Waals surface area contributed by atoms with Crippen LogP contribution >= 0.6 is 23.1 Å². The number of nitrogens with zero attached hydrogens (tertiary/aromatic N) is 1. The van der Waals surface area contributed by atoms with Gasteiger partial charge in [0.1, 0.15) is 5.82 Å². The lowest BCUT2D eigenvalue weighted by atomic mass is 10.3. The normalized spacial score (nSPS) is 10.3. The van der Waals surface area contributed by atoms with Gasteiger partial charge < -0.3 is 15.4 Å². The number of amides is 2. The van der Waals surface area contributed by atoms with Crippen molar-refractivity contribution in [3.63, 3.8) is 0 Å². The van der Waals surface area contributed by atoms with Gasteiger partial charge in [0.05, 0.1) is 31.0 Å². The van der Waals surface area contributed by atoms with Gasteiger partial charge in [-0.1, -0.05) is 11.8 Å². The summed E-state index contributed by atoms with van der Waals surface area (Å²) in [6.45, 7) is 1.86. The molecule has 2 N–H and O–H groups in total. The van der Waals surface area contributed by atoms with Crippen molar-refractivity contribution >= 4 is 46.6 Å². The Morgan fingerprint density at radius 1 is 1.22 bits per heavy atom. The van der Waals surface area contributed by atoms with Crippen LogP contribution in [0.4, 0.5) is 10.1 Å². The minimum absolute atomic E-state index is 0.0934. The van der Waals surface area contributed by atoms with Crippen molar-refractivity contribution in [2.75, 3.05) is 24.2 Å². The number of hydrogen-bond acceptors (Lipinski definition) is 7. The van der Waals surface area contributed by atoms with Crippen LogP contribution in [0.5, 0.6) is 0 Å². The topological polar surface area (TPSA) is 97.4 Å². The summed E-state index contributed by atoms with van der Waals surface area (Å²) in [7, 11) is 0. The van der Waals surface area contributed by atoms with Crippen molar-refractivity contribution in [3.8, 4) is 0 Å². The molecule has 0 atom stereocenters. The van der Waals surface area contributed by atoms with Crippen LogP contribution in [-0.2, 0) is 25.5 Å². The third-order valence-corrected chi connectivity index (χ3v) is 5.13. The molecule has 0 bridgehead atoms. The molecule has 0 fully saturated rings. The predicted octanol–water partition coefficient (Wildman–Crippen LogP) is 2.23. The molecule has 0 aliphatic rings. The fourth-order valence-electron chi connectivity index (χ4n) is 1.89. The quantitative estimate of drug-likeness (QED) is 0.485. The number of esters is 1. The number of carbonyl (C=O) groups is 3. The first kappa shape index (κ1) is 20.8. The molecule has 1 aromatic heterocycles. The van der Waals surface area contributed by atoms with Crippen molar-refractivity contribution in [3.05, 3.63) is 41.2 Å². The lowest BCUT2D eigenvalue weighted by Crippen LogP contribution is -2.33. The first-order chi connectivity index (χ1) is 13.0. The second-order valence-corrected chi connectivity index (χ2v) is 7.29. The van der Waals surface area contributed by atoms with Crippen LogP contribution in [0, 0.1) is 5.82 Å². The summed E-state index contributed by atoms with van der Waals surface area (Å²) >= 11 is 2.55. The van der Waals surface area contributed by atoms with E-state index >= 15 is 0 Å². The number of halogens is 1. The van der Waals surface area contributed by atoms with Crippen LogP contribution in [0.15, 0.2) is 34.0 Å². The maximum absolute atomic E-state index is 12.8. The Labute approximate surface area is 163 Å². The van der Waals surface area contributed by atoms with E-state index in [1.807, 2.05) is 0 Å². The van der Waals surface area contributed by atoms with E-state index in [9.17, 15) is 18.8 Å². The molecule has 7 nitrogen and oxygen atoms in total. The molecule has 2 amide bonds. The summed E-state index contributed by atoms with van der Waals surface area (Å²) in [6.07, 6.45) is 0.0979. The van der Waals surface area contributed by atoms with Gasteiger partial charge in [0.15, 0.2) is 4.34 Å². The van der Waals surface area contributed by atoms with E-state index < -0.39 is 11.7 Å². The minimum Gasteiger partial charge on any atom is -0.466 e. The highest BCUT2D eigenvalue weighted by Gasteiger charge is 2.11. The van der Waals surface area contributed by atoms with Crippen LogP contribution in [0.1, 0.15) is 12.6 Å². The molecular weight excluding hydrogens is 393 g/mol. The van der Waals surface area contributed by atoms with Crippen LogP contribution in [0.3, 0.4) is 0 Å². The standard InChI is InChI=1S/C17H18FN3O4S2/c1-2-25-16(24)7-13-9-26-17(21-13)27-10-15(23)19-8-14(22)20-12-5-3-11(18)4-6-12/h3-6,9H,2,7-8,10H2,1H3,(H,19,23)(H,20,22). The number of anilines is 1. The number of nitrogens with one attached hydrogen (secondary N) is 2. The molecule has 1 heterocycles. The van der Waals surface area contributed by atoms with Gasteiger partial charge in [-0.2, -0.15) is 0 Å². The first-order valence-electron chi connectivity index (χ1n) is 8.01. The van der Waals surface area contributed by atoms with Crippen molar-refractivity contribution in [2.24, 2.45) is 0 Å². The highest BCUT2D eigenvalue weighted by atomic mass is 32.2. The number of rotatable bonds is 9. The predicted molar refractivity (Wildman–Crippen MR) is 101 cm³/mol. The number of thioether (sulfide) groups is 1. The molecule has 2 aromatic rings. The Balaban J connectivity index is 1.68. The van der Waals surface area contributed by atoms with E-state index in [0.717, 1.165) is 0 Å². The molecule has 27 heavy (non-hydrogen) atoms. The fourth-order valence-corrected chi connectivity index (χ4v) is 3.57. The Morgan fingerprint density at radius 2 is 1.96 bits per heavy atom. The minimum atomic E-state index is -0.411. The molecule has 0 aliphatic heterocycles. The lowest BCUT2D eigenvalue weighted by Gasteiger charge is -2.06. The lowest BCUT2D eigenvalue weighted by molar-refractivity contribution is -0.142. The first-order valence-corrected chi connectivity index (χ1v) is 9.87. The molecule has 0 spiro atoms. The van der Waals surface area contributed by atoms with Crippen molar-refractivity contribution in [1.29, 1.82) is 0 Å². The molecule has 0 saturated carbocycles. The van der Waals surface area contributed by atoms with E-state index in [4.69, 9.17) is 4.74 Å². The molecular formula is C17H18FN3O4S2. The van der Waals surface area contributed by atoms with E-state index in [0.29, 0.717) is 22.3 Å². The van der Waals surface area contributed by atoms with Gasteiger partial charge in [-0.3, -0.25) is 14.4 Å². The average molecular weight is 411 g/mol. The van der Waals surface area contributed by atoms with Gasteiger partial charge in [-0.15, -0.1) is 11.3 Å². The summed E-state index contributed by atoms with van der Waals surface area (Å²) in [5.74, 6) is -1.38. The summed E-state index contributed by atoms with van der Waals surface area (Å²) in [5.41, 5.74) is 1.04. The molecule has 0 saturated heterocycles. The largest absolute Gasteiger partial charge is 0.466 e. The Bertz CT molecular complexity index is 796. The van der Waals surface area contributed by atoms with Crippen LogP contribution in [0.25, 0.3) is 0 Å². The number of hydrogen-bond donors (Lipinski definition) is 2. The third kappa shape index (κ3) is 7.75. The summed E-state index contributed by atoms with van der Waals surface area (Å²) < 4.78 is 18.3. The van der Waals surface area contributed by atoms with Crippen molar-refractivity contribution < 1.29 is 23.5 Å². The van der Waals surface area contributed by atoms with E-state index in [1.54, 1.807) is 12.3 Å². The van der Waals surface area contributed by atoms with Gasteiger partial charge in [-0.25, -0.2) is 9.37 Å². The number of ether oxygens (including phenoxy) is 1. The Hall–Kier alpha value is -2.46. The van der Waals surface area contributed by atoms with Crippen molar-refractivity contribution in [2.45, 2.75) is 17.7 Å². The number of carbonyl (C=O) groups excluding carboxylic acids is 3. The van der Waals surface area contributed by atoms with Gasteiger partial charge in [0.2, 0.25) is 11.8 Å². The maximum Gasteiger partial charge on any atom is 0.311 e. The van der Waals surface area contributed by atoms with Gasteiger partial charge in [0, 0.05) is 11.1 Å². The van der Waals surface area contributed by atoms with E-state index in [2.05, 4.69) is 15.6 Å². The van der Waals surface area contributed by atoms with E-state index in [-0.39, 0.29) is 30.6 Å². The summed E-state index contributed by atoms with van der Waals surface area (Å²) in [6, 6.07) is 5.33. The summed E-state index contributed by atoms with van der Waals surface area (Å²) in [5, 5.41) is 6.79. The third-order valence-electron chi connectivity index (χ3n) is 3.06. The van der Waals surface area contributed by atoms with Gasteiger partial charge in [0.25, 0.3) is 0 Å². The SMILES string of the molecule is CCOC(=O)Cc1csc(SCC(=O)NCC(=O)Nc2ccc(F)cc2)n1.